The molecule has 0 saturated carbocycles. The first kappa shape index (κ1) is 20.3. The van der Waals surface area contributed by atoms with Crippen molar-refractivity contribution in [3.05, 3.63) is 34.6 Å². The minimum atomic E-state index is -0.151. The molecule has 0 bridgehead atoms. The highest BCUT2D eigenvalue weighted by Gasteiger charge is 2.28. The predicted octanol–water partition coefficient (Wildman–Crippen LogP) is 3.11. The van der Waals surface area contributed by atoms with Gasteiger partial charge in [0.2, 0.25) is 5.91 Å². The Morgan fingerprint density at radius 3 is 2.57 bits per heavy atom. The van der Waals surface area contributed by atoms with E-state index in [1.807, 2.05) is 47.6 Å². The molecule has 1 N–H and O–H groups in total. The monoisotopic (exact) mass is 402 g/mol. The fourth-order valence-corrected chi connectivity index (χ4v) is 3.66. The van der Waals surface area contributed by atoms with Crippen LogP contribution in [0.25, 0.3) is 11.4 Å². The number of aromatic amines is 1. The number of piperidine rings is 1. The van der Waals surface area contributed by atoms with Crippen LogP contribution in [-0.2, 0) is 20.9 Å². The Balaban J connectivity index is 1.59. The van der Waals surface area contributed by atoms with Gasteiger partial charge in [-0.1, -0.05) is 29.8 Å². The molecule has 28 heavy (non-hydrogen) atoms. The van der Waals surface area contributed by atoms with Crippen molar-refractivity contribution < 1.29 is 14.3 Å². The Bertz CT molecular complexity index is 880. The Labute approximate surface area is 169 Å². The number of likely N-dealkylation sites (tertiary alicyclic amines) is 1. The summed E-state index contributed by atoms with van der Waals surface area (Å²) in [7, 11) is 0. The van der Waals surface area contributed by atoms with Gasteiger partial charge in [0.15, 0.2) is 10.6 Å². The number of benzene rings is 1. The fourth-order valence-electron chi connectivity index (χ4n) is 3.44. The third kappa shape index (κ3) is 4.67. The lowest BCUT2D eigenvalue weighted by atomic mass is 9.97. The van der Waals surface area contributed by atoms with Crippen molar-refractivity contribution in [2.75, 3.05) is 19.7 Å². The van der Waals surface area contributed by atoms with Crippen molar-refractivity contribution in [3.63, 3.8) is 0 Å². The second-order valence-corrected chi connectivity index (χ2v) is 7.41. The molecule has 1 aliphatic rings. The number of nitrogens with zero attached hydrogens (tertiary/aromatic N) is 3. The number of carbonyl (C=O) groups is 2. The lowest BCUT2D eigenvalue weighted by Gasteiger charge is -2.31. The zero-order valence-corrected chi connectivity index (χ0v) is 17.1. The quantitative estimate of drug-likeness (QED) is 0.593. The minimum Gasteiger partial charge on any atom is -0.466 e. The number of rotatable bonds is 6. The summed E-state index contributed by atoms with van der Waals surface area (Å²) in [5, 5.41) is 7.15. The number of nitrogens with one attached hydrogen (secondary N) is 1. The van der Waals surface area contributed by atoms with Gasteiger partial charge in [-0.25, -0.2) is 0 Å². The molecule has 2 heterocycles. The number of H-pyrrole nitrogens is 1. The van der Waals surface area contributed by atoms with Gasteiger partial charge in [-0.3, -0.25) is 19.3 Å². The maximum absolute atomic E-state index is 12.6. The van der Waals surface area contributed by atoms with Crippen molar-refractivity contribution in [3.8, 4) is 11.4 Å². The number of ether oxygens (including phenoxy) is 1. The molecule has 1 amide bonds. The van der Waals surface area contributed by atoms with E-state index in [-0.39, 0.29) is 17.8 Å². The average molecular weight is 403 g/mol. The maximum atomic E-state index is 12.6. The van der Waals surface area contributed by atoms with Gasteiger partial charge in [-0.05, 0) is 38.9 Å². The van der Waals surface area contributed by atoms with E-state index < -0.39 is 0 Å². The van der Waals surface area contributed by atoms with E-state index in [1.165, 1.54) is 5.56 Å². The van der Waals surface area contributed by atoms with E-state index in [0.29, 0.717) is 50.3 Å². The first-order valence-electron chi connectivity index (χ1n) is 9.66. The van der Waals surface area contributed by atoms with Crippen molar-refractivity contribution in [2.24, 2.45) is 5.92 Å². The van der Waals surface area contributed by atoms with Gasteiger partial charge in [-0.2, -0.15) is 5.10 Å². The summed E-state index contributed by atoms with van der Waals surface area (Å²) in [5.74, 6) is 0.556. The predicted molar refractivity (Wildman–Crippen MR) is 108 cm³/mol. The van der Waals surface area contributed by atoms with Gasteiger partial charge in [0.05, 0.1) is 12.5 Å². The van der Waals surface area contributed by atoms with Crippen molar-refractivity contribution in [1.29, 1.82) is 0 Å². The van der Waals surface area contributed by atoms with Gasteiger partial charge in [0.1, 0.15) is 0 Å². The highest BCUT2D eigenvalue weighted by atomic mass is 32.1. The molecule has 150 valence electrons. The SMILES string of the molecule is CCOC(=O)C1CCN(C(=O)CCn2c(-c3ccc(C)cc3)n[nH]c2=S)CC1. The topological polar surface area (TPSA) is 80.2 Å². The van der Waals surface area contributed by atoms with E-state index in [1.54, 1.807) is 0 Å². The highest BCUT2D eigenvalue weighted by molar-refractivity contribution is 7.71. The summed E-state index contributed by atoms with van der Waals surface area (Å²) < 4.78 is 7.45. The highest BCUT2D eigenvalue weighted by Crippen LogP contribution is 2.21. The normalized spacial score (nSPS) is 14.9. The minimum absolute atomic E-state index is 0.0697. The molecule has 8 heteroatoms. The van der Waals surface area contributed by atoms with Crippen LogP contribution in [0.3, 0.4) is 0 Å². The van der Waals surface area contributed by atoms with Crippen LogP contribution in [0, 0.1) is 17.6 Å². The molecule has 3 rings (SSSR count). The van der Waals surface area contributed by atoms with Crippen LogP contribution in [0.15, 0.2) is 24.3 Å². The number of hydrogen-bond acceptors (Lipinski definition) is 5. The Kier molecular flexibility index (Phi) is 6.61. The second-order valence-electron chi connectivity index (χ2n) is 7.03. The van der Waals surface area contributed by atoms with Crippen LogP contribution in [0.4, 0.5) is 0 Å². The van der Waals surface area contributed by atoms with Gasteiger partial charge in [-0.15, -0.1) is 0 Å². The molecule has 0 atom stereocenters. The molecule has 2 aromatic rings. The van der Waals surface area contributed by atoms with Crippen molar-refractivity contribution >= 4 is 24.1 Å². The number of amides is 1. The number of carbonyl (C=O) groups excluding carboxylic acids is 2. The molecular weight excluding hydrogens is 376 g/mol. The summed E-state index contributed by atoms with van der Waals surface area (Å²) in [4.78, 5) is 26.3. The van der Waals surface area contributed by atoms with Crippen LogP contribution in [0.1, 0.15) is 31.7 Å². The number of aromatic nitrogens is 3. The Hall–Kier alpha value is -2.48. The lowest BCUT2D eigenvalue weighted by molar-refractivity contribution is -0.151. The first-order chi connectivity index (χ1) is 13.5. The largest absolute Gasteiger partial charge is 0.466 e. The number of hydrogen-bond donors (Lipinski definition) is 1. The molecule has 1 aromatic heterocycles. The third-order valence-electron chi connectivity index (χ3n) is 5.08. The van der Waals surface area contributed by atoms with Crippen LogP contribution >= 0.6 is 12.2 Å². The van der Waals surface area contributed by atoms with E-state index in [0.717, 1.165) is 11.4 Å². The molecule has 1 aliphatic heterocycles. The fraction of sp³-hybridized carbons (Fsp3) is 0.500. The summed E-state index contributed by atoms with van der Waals surface area (Å²) in [6, 6.07) is 8.05. The summed E-state index contributed by atoms with van der Waals surface area (Å²) >= 11 is 5.34. The smallest absolute Gasteiger partial charge is 0.309 e. The van der Waals surface area contributed by atoms with Crippen LogP contribution in [0.5, 0.6) is 0 Å². The molecule has 1 aromatic carbocycles. The van der Waals surface area contributed by atoms with Crippen molar-refractivity contribution in [1.82, 2.24) is 19.7 Å². The molecule has 7 nitrogen and oxygen atoms in total. The molecule has 0 radical (unpaired) electrons. The van der Waals surface area contributed by atoms with Gasteiger partial charge in [0.25, 0.3) is 0 Å². The van der Waals surface area contributed by atoms with Gasteiger partial charge in [0, 0.05) is 31.6 Å². The van der Waals surface area contributed by atoms with E-state index >= 15 is 0 Å². The number of esters is 1. The zero-order valence-electron chi connectivity index (χ0n) is 16.3. The van der Waals surface area contributed by atoms with E-state index in [9.17, 15) is 9.59 Å². The second kappa shape index (κ2) is 9.14. The Morgan fingerprint density at radius 1 is 1.25 bits per heavy atom. The number of aryl methyl sites for hydroxylation is 1. The third-order valence-corrected chi connectivity index (χ3v) is 5.40. The summed E-state index contributed by atoms with van der Waals surface area (Å²) in [6.07, 6.45) is 1.66. The Morgan fingerprint density at radius 2 is 1.93 bits per heavy atom. The summed E-state index contributed by atoms with van der Waals surface area (Å²) in [6.45, 7) is 5.88. The molecule has 0 spiro atoms. The van der Waals surface area contributed by atoms with E-state index in [2.05, 4.69) is 10.2 Å². The van der Waals surface area contributed by atoms with Gasteiger partial charge < -0.3 is 9.64 Å². The standard InChI is InChI=1S/C20H26N4O3S/c1-3-27-19(26)16-8-11-23(12-9-16)17(25)10-13-24-18(21-22-20(24)28)15-6-4-14(2)5-7-15/h4-7,16H,3,8-13H2,1-2H3,(H,22,28). The van der Waals surface area contributed by atoms with E-state index in [4.69, 9.17) is 17.0 Å². The molecule has 0 unspecified atom stereocenters. The average Bonchev–Trinajstić information content (AvgIpc) is 3.07. The molecule has 1 saturated heterocycles. The van der Waals surface area contributed by atoms with Gasteiger partial charge >= 0.3 is 5.97 Å². The van der Waals surface area contributed by atoms with Crippen LogP contribution in [0.2, 0.25) is 0 Å². The van der Waals surface area contributed by atoms with Crippen molar-refractivity contribution in [2.45, 2.75) is 39.7 Å². The lowest BCUT2D eigenvalue weighted by Crippen LogP contribution is -2.40. The molecular formula is C20H26N4O3S. The van der Waals surface area contributed by atoms with Crippen LogP contribution < -0.4 is 0 Å². The summed E-state index contributed by atoms with van der Waals surface area (Å²) in [5.41, 5.74) is 2.13. The molecule has 0 aliphatic carbocycles. The first-order valence-corrected chi connectivity index (χ1v) is 10.1. The van der Waals surface area contributed by atoms with Crippen LogP contribution in [-0.4, -0.2) is 51.2 Å². The maximum Gasteiger partial charge on any atom is 0.309 e. The zero-order chi connectivity index (χ0) is 20.1. The molecule has 1 fully saturated rings.